The number of benzene rings is 1. The summed E-state index contributed by atoms with van der Waals surface area (Å²) in [4.78, 5) is 31.2. The Morgan fingerprint density at radius 1 is 1.21 bits per heavy atom. The zero-order valence-electron chi connectivity index (χ0n) is 18.0. The highest BCUT2D eigenvalue weighted by Gasteiger charge is 2.34. The maximum Gasteiger partial charge on any atom is 0.243 e. The molecule has 0 aliphatic carbocycles. The number of amides is 2. The van der Waals surface area contributed by atoms with Gasteiger partial charge >= 0.3 is 0 Å². The first kappa shape index (κ1) is 21.6. The number of thiophene rings is 1. The van der Waals surface area contributed by atoms with Crippen LogP contribution < -0.4 is 0 Å². The fourth-order valence-electron chi connectivity index (χ4n) is 4.00. The quantitative estimate of drug-likeness (QED) is 0.645. The molecule has 29 heavy (non-hydrogen) atoms. The van der Waals surface area contributed by atoms with Gasteiger partial charge in [-0.05, 0) is 55.7 Å². The first-order valence-electron chi connectivity index (χ1n) is 10.7. The summed E-state index contributed by atoms with van der Waals surface area (Å²) in [5.41, 5.74) is 3.58. The Labute approximate surface area is 178 Å². The van der Waals surface area contributed by atoms with Gasteiger partial charge in [0.05, 0.1) is 6.04 Å². The van der Waals surface area contributed by atoms with Gasteiger partial charge in [-0.3, -0.25) is 9.59 Å². The lowest BCUT2D eigenvalue weighted by molar-refractivity contribution is -0.143. The van der Waals surface area contributed by atoms with Gasteiger partial charge in [-0.2, -0.15) is 0 Å². The molecule has 2 amide bonds. The van der Waals surface area contributed by atoms with Crippen LogP contribution in [-0.4, -0.2) is 40.7 Å². The normalized spacial score (nSPS) is 17.0. The number of hydrogen-bond donors (Lipinski definition) is 0. The van der Waals surface area contributed by atoms with Crippen molar-refractivity contribution >= 4 is 23.2 Å². The van der Waals surface area contributed by atoms with E-state index in [4.69, 9.17) is 0 Å². The van der Waals surface area contributed by atoms with Crippen LogP contribution in [0.2, 0.25) is 0 Å². The lowest BCUT2D eigenvalue weighted by atomic mass is 9.92. The van der Waals surface area contributed by atoms with Crippen molar-refractivity contribution in [2.75, 3.05) is 13.1 Å². The van der Waals surface area contributed by atoms with Gasteiger partial charge in [-0.25, -0.2) is 0 Å². The predicted molar refractivity (Wildman–Crippen MR) is 119 cm³/mol. The van der Waals surface area contributed by atoms with Crippen molar-refractivity contribution in [2.24, 2.45) is 0 Å². The lowest BCUT2D eigenvalue weighted by Crippen LogP contribution is -2.49. The molecule has 1 aromatic heterocycles. The Kier molecular flexibility index (Phi) is 7.12. The molecule has 1 aromatic carbocycles. The van der Waals surface area contributed by atoms with E-state index in [1.807, 2.05) is 18.7 Å². The van der Waals surface area contributed by atoms with E-state index in [-0.39, 0.29) is 30.4 Å². The average Bonchev–Trinajstić information content (AvgIpc) is 3.20. The summed E-state index contributed by atoms with van der Waals surface area (Å²) in [6, 6.07) is 10.6. The van der Waals surface area contributed by atoms with Crippen LogP contribution in [0.3, 0.4) is 0 Å². The van der Waals surface area contributed by atoms with Crippen LogP contribution in [0.4, 0.5) is 0 Å². The highest BCUT2D eigenvalue weighted by atomic mass is 32.1. The first-order valence-corrected chi connectivity index (χ1v) is 11.6. The van der Waals surface area contributed by atoms with Crippen molar-refractivity contribution in [3.8, 4) is 0 Å². The number of rotatable bonds is 7. The first-order chi connectivity index (χ1) is 14.0. The summed E-state index contributed by atoms with van der Waals surface area (Å²) in [7, 11) is 0. The zero-order valence-corrected chi connectivity index (χ0v) is 18.8. The molecule has 0 saturated carbocycles. The molecule has 0 saturated heterocycles. The van der Waals surface area contributed by atoms with Gasteiger partial charge < -0.3 is 9.80 Å². The molecule has 0 N–H and O–H groups in total. The Hall–Kier alpha value is -2.14. The SMILES string of the molecule is CCCC(=O)N(CC(=O)N1CCc2sccc2[C@@H]1c1ccc(C)cc1)[C@H](C)CC. The van der Waals surface area contributed by atoms with Crippen LogP contribution in [0.5, 0.6) is 0 Å². The van der Waals surface area contributed by atoms with Crippen molar-refractivity contribution < 1.29 is 9.59 Å². The van der Waals surface area contributed by atoms with Crippen molar-refractivity contribution in [3.63, 3.8) is 0 Å². The number of nitrogens with zero attached hydrogens (tertiary/aromatic N) is 2. The maximum atomic E-state index is 13.5. The smallest absolute Gasteiger partial charge is 0.243 e. The van der Waals surface area contributed by atoms with Crippen LogP contribution in [-0.2, 0) is 16.0 Å². The van der Waals surface area contributed by atoms with Gasteiger partial charge in [0.25, 0.3) is 0 Å². The van der Waals surface area contributed by atoms with Gasteiger partial charge in [0.1, 0.15) is 6.54 Å². The van der Waals surface area contributed by atoms with E-state index in [1.54, 1.807) is 16.2 Å². The number of fused-ring (bicyclic) bond motifs is 1. The highest BCUT2D eigenvalue weighted by Crippen LogP contribution is 2.38. The molecule has 0 unspecified atom stereocenters. The maximum absolute atomic E-state index is 13.5. The summed E-state index contributed by atoms with van der Waals surface area (Å²) < 4.78 is 0. The van der Waals surface area contributed by atoms with Gasteiger partial charge in [0, 0.05) is 23.9 Å². The molecular weight excluding hydrogens is 380 g/mol. The molecule has 1 aliphatic heterocycles. The number of hydrogen-bond acceptors (Lipinski definition) is 3. The van der Waals surface area contributed by atoms with Crippen molar-refractivity contribution in [3.05, 3.63) is 57.3 Å². The van der Waals surface area contributed by atoms with E-state index < -0.39 is 0 Å². The van der Waals surface area contributed by atoms with Gasteiger partial charge in [0.2, 0.25) is 11.8 Å². The average molecular weight is 413 g/mol. The predicted octanol–water partition coefficient (Wildman–Crippen LogP) is 4.96. The Bertz CT molecular complexity index is 843. The topological polar surface area (TPSA) is 40.6 Å². The van der Waals surface area contributed by atoms with E-state index >= 15 is 0 Å². The largest absolute Gasteiger partial charge is 0.331 e. The lowest BCUT2D eigenvalue weighted by Gasteiger charge is -2.38. The molecule has 0 bridgehead atoms. The molecule has 5 heteroatoms. The molecule has 3 rings (SSSR count). The summed E-state index contributed by atoms with van der Waals surface area (Å²) in [6.45, 7) is 9.04. The standard InChI is InChI=1S/C24H32N2O2S/c1-5-7-22(27)26(18(4)6-2)16-23(28)25-14-12-21-20(13-15-29-21)24(25)19-10-8-17(3)9-11-19/h8-11,13,15,18,24H,5-7,12,14,16H2,1-4H3/t18-,24+/m1/s1. The second kappa shape index (κ2) is 9.57. The number of carbonyl (C=O) groups excluding carboxylic acids is 2. The second-order valence-corrected chi connectivity index (χ2v) is 8.98. The third-order valence-corrected chi connectivity index (χ3v) is 6.89. The van der Waals surface area contributed by atoms with Crippen LogP contribution >= 0.6 is 11.3 Å². The van der Waals surface area contributed by atoms with Crippen molar-refractivity contribution in [2.45, 2.75) is 65.5 Å². The minimum atomic E-state index is -0.0711. The molecule has 2 aromatic rings. The van der Waals surface area contributed by atoms with Gasteiger partial charge in [-0.15, -0.1) is 11.3 Å². The van der Waals surface area contributed by atoms with Crippen molar-refractivity contribution in [1.29, 1.82) is 0 Å². The van der Waals surface area contributed by atoms with E-state index in [0.717, 1.165) is 24.8 Å². The number of carbonyl (C=O) groups is 2. The summed E-state index contributed by atoms with van der Waals surface area (Å²) >= 11 is 1.77. The van der Waals surface area contributed by atoms with Crippen LogP contribution in [0.1, 0.15) is 67.6 Å². The molecule has 1 aliphatic rings. The molecule has 2 heterocycles. The van der Waals surface area contributed by atoms with Crippen LogP contribution in [0, 0.1) is 6.92 Å². The third-order valence-electron chi connectivity index (χ3n) is 5.89. The molecule has 0 spiro atoms. The highest BCUT2D eigenvalue weighted by molar-refractivity contribution is 7.10. The molecule has 156 valence electrons. The number of aryl methyl sites for hydroxylation is 1. The summed E-state index contributed by atoms with van der Waals surface area (Å²) in [5.74, 6) is 0.118. The summed E-state index contributed by atoms with van der Waals surface area (Å²) in [5, 5.41) is 2.12. The molecule has 2 atom stereocenters. The molecule has 0 fully saturated rings. The molecule has 0 radical (unpaired) electrons. The Morgan fingerprint density at radius 2 is 1.93 bits per heavy atom. The zero-order chi connectivity index (χ0) is 21.0. The Morgan fingerprint density at radius 3 is 2.59 bits per heavy atom. The van der Waals surface area contributed by atoms with Crippen LogP contribution in [0.15, 0.2) is 35.7 Å². The summed E-state index contributed by atoms with van der Waals surface area (Å²) in [6.07, 6.45) is 3.02. The van der Waals surface area contributed by atoms with E-state index in [0.29, 0.717) is 13.0 Å². The monoisotopic (exact) mass is 412 g/mol. The molecular formula is C24H32N2O2S. The van der Waals surface area contributed by atoms with E-state index in [1.165, 1.54) is 16.0 Å². The molecule has 4 nitrogen and oxygen atoms in total. The van der Waals surface area contributed by atoms with Crippen LogP contribution in [0.25, 0.3) is 0 Å². The van der Waals surface area contributed by atoms with Gasteiger partial charge in [-0.1, -0.05) is 43.7 Å². The fraction of sp³-hybridized carbons (Fsp3) is 0.500. The Balaban J connectivity index is 1.89. The van der Waals surface area contributed by atoms with Crippen molar-refractivity contribution in [1.82, 2.24) is 9.80 Å². The fourth-order valence-corrected chi connectivity index (χ4v) is 4.90. The second-order valence-electron chi connectivity index (χ2n) is 7.98. The van der Waals surface area contributed by atoms with E-state index in [9.17, 15) is 9.59 Å². The van der Waals surface area contributed by atoms with Gasteiger partial charge in [0.15, 0.2) is 0 Å². The minimum Gasteiger partial charge on any atom is -0.331 e. The van der Waals surface area contributed by atoms with E-state index in [2.05, 4.69) is 49.6 Å². The minimum absolute atomic E-state index is 0.0391. The third kappa shape index (κ3) is 4.72.